The van der Waals surface area contributed by atoms with E-state index >= 15 is 0 Å². The minimum atomic E-state index is -3.52. The highest BCUT2D eigenvalue weighted by Crippen LogP contribution is 2.21. The molecule has 1 saturated heterocycles. The molecule has 0 saturated carbocycles. The second kappa shape index (κ2) is 7.96. The van der Waals surface area contributed by atoms with Crippen LogP contribution in [0.4, 0.5) is 0 Å². The Kier molecular flexibility index (Phi) is 5.40. The van der Waals surface area contributed by atoms with Gasteiger partial charge in [-0.25, -0.2) is 8.42 Å². The Balaban J connectivity index is 1.37. The Bertz CT molecular complexity index is 1030. The third-order valence-corrected chi connectivity index (χ3v) is 6.69. The molecule has 3 heterocycles. The number of hydrogen-bond donors (Lipinski definition) is 0. The quantitative estimate of drug-likeness (QED) is 0.626. The Labute approximate surface area is 167 Å². The number of pyridine rings is 1. The van der Waals surface area contributed by atoms with E-state index in [0.29, 0.717) is 49.5 Å². The molecule has 1 aliphatic rings. The second-order valence-electron chi connectivity index (χ2n) is 6.39. The lowest BCUT2D eigenvalue weighted by Crippen LogP contribution is -2.48. The molecule has 146 valence electrons. The smallest absolute Gasteiger partial charge is 0.243 e. The number of hydrogen-bond acceptors (Lipinski definition) is 7. The van der Waals surface area contributed by atoms with Gasteiger partial charge in [0, 0.05) is 49.2 Å². The Morgan fingerprint density at radius 1 is 1.07 bits per heavy atom. The van der Waals surface area contributed by atoms with Crippen LogP contribution in [0.5, 0.6) is 0 Å². The summed E-state index contributed by atoms with van der Waals surface area (Å²) in [4.78, 5) is 10.8. The normalized spacial score (nSPS) is 16.3. The molecule has 4 rings (SSSR count). The van der Waals surface area contributed by atoms with Gasteiger partial charge in [-0.3, -0.25) is 9.88 Å². The van der Waals surface area contributed by atoms with E-state index in [1.54, 1.807) is 24.5 Å². The SMILES string of the molecule is O=S(=O)(c1ccc(Cl)cc1)N1CCN(Cc2nc(-c3cccnc3)no2)CC1. The van der Waals surface area contributed by atoms with Crippen LogP contribution < -0.4 is 0 Å². The van der Waals surface area contributed by atoms with Gasteiger partial charge >= 0.3 is 0 Å². The number of halogens is 1. The molecule has 10 heteroatoms. The summed E-state index contributed by atoms with van der Waals surface area (Å²) in [6.07, 6.45) is 3.36. The molecule has 0 N–H and O–H groups in total. The monoisotopic (exact) mass is 419 g/mol. The average Bonchev–Trinajstić information content (AvgIpc) is 3.18. The van der Waals surface area contributed by atoms with Gasteiger partial charge in [-0.05, 0) is 36.4 Å². The molecule has 0 spiro atoms. The fraction of sp³-hybridized carbons (Fsp3) is 0.278. The van der Waals surface area contributed by atoms with Crippen molar-refractivity contribution in [3.63, 3.8) is 0 Å². The van der Waals surface area contributed by atoms with E-state index in [1.807, 2.05) is 12.1 Å². The van der Waals surface area contributed by atoms with Crippen molar-refractivity contribution in [3.8, 4) is 11.4 Å². The van der Waals surface area contributed by atoms with Crippen LogP contribution in [0, 0.1) is 0 Å². The molecule has 3 aromatic rings. The summed E-state index contributed by atoms with van der Waals surface area (Å²) < 4.78 is 32.3. The standard InChI is InChI=1S/C18H18ClN5O3S/c19-15-3-5-16(6-4-15)28(25,26)24-10-8-23(9-11-24)13-17-21-18(22-27-17)14-2-1-7-20-12-14/h1-7,12H,8-11,13H2. The molecule has 28 heavy (non-hydrogen) atoms. The van der Waals surface area contributed by atoms with Crippen molar-refractivity contribution in [2.24, 2.45) is 0 Å². The topological polar surface area (TPSA) is 92.4 Å². The minimum absolute atomic E-state index is 0.253. The number of benzene rings is 1. The molecule has 2 aromatic heterocycles. The van der Waals surface area contributed by atoms with Crippen molar-refractivity contribution in [1.82, 2.24) is 24.3 Å². The summed E-state index contributed by atoms with van der Waals surface area (Å²) in [5.74, 6) is 0.986. The maximum absolute atomic E-state index is 12.7. The molecule has 0 bridgehead atoms. The molecule has 8 nitrogen and oxygen atoms in total. The molecule has 0 unspecified atom stereocenters. The largest absolute Gasteiger partial charge is 0.338 e. The maximum atomic E-state index is 12.7. The summed E-state index contributed by atoms with van der Waals surface area (Å²) in [6.45, 7) is 2.43. The van der Waals surface area contributed by atoms with Crippen molar-refractivity contribution in [2.45, 2.75) is 11.4 Å². The van der Waals surface area contributed by atoms with Gasteiger partial charge < -0.3 is 4.52 Å². The van der Waals surface area contributed by atoms with E-state index in [2.05, 4.69) is 20.0 Å². The number of rotatable bonds is 5. The molecule has 0 radical (unpaired) electrons. The van der Waals surface area contributed by atoms with Crippen LogP contribution in [-0.4, -0.2) is 58.9 Å². The molecule has 0 amide bonds. The lowest BCUT2D eigenvalue weighted by atomic mass is 10.3. The van der Waals surface area contributed by atoms with Gasteiger partial charge in [-0.2, -0.15) is 9.29 Å². The lowest BCUT2D eigenvalue weighted by molar-refractivity contribution is 0.163. The zero-order chi connectivity index (χ0) is 19.6. The zero-order valence-electron chi connectivity index (χ0n) is 14.9. The Morgan fingerprint density at radius 2 is 1.82 bits per heavy atom. The van der Waals surface area contributed by atoms with Gasteiger partial charge in [0.15, 0.2) is 0 Å². The van der Waals surface area contributed by atoms with E-state index in [9.17, 15) is 8.42 Å². The van der Waals surface area contributed by atoms with Crippen molar-refractivity contribution in [1.29, 1.82) is 0 Å². The van der Waals surface area contributed by atoms with E-state index in [0.717, 1.165) is 5.56 Å². The summed E-state index contributed by atoms with van der Waals surface area (Å²) in [5.41, 5.74) is 0.788. The third-order valence-electron chi connectivity index (χ3n) is 4.53. The van der Waals surface area contributed by atoms with Gasteiger partial charge in [0.2, 0.25) is 21.7 Å². The van der Waals surface area contributed by atoms with Crippen molar-refractivity contribution in [3.05, 3.63) is 59.7 Å². The maximum Gasteiger partial charge on any atom is 0.243 e. The average molecular weight is 420 g/mol. The highest BCUT2D eigenvalue weighted by molar-refractivity contribution is 7.89. The molecule has 1 fully saturated rings. The summed E-state index contributed by atoms with van der Waals surface area (Å²) in [7, 11) is -3.52. The predicted molar refractivity (Wildman–Crippen MR) is 103 cm³/mol. The van der Waals surface area contributed by atoms with Crippen LogP contribution in [-0.2, 0) is 16.6 Å². The Hall–Kier alpha value is -2.33. The van der Waals surface area contributed by atoms with Gasteiger partial charge in [0.1, 0.15) is 0 Å². The van der Waals surface area contributed by atoms with Crippen LogP contribution in [0.15, 0.2) is 58.2 Å². The minimum Gasteiger partial charge on any atom is -0.338 e. The third kappa shape index (κ3) is 4.07. The fourth-order valence-corrected chi connectivity index (χ4v) is 4.55. The molecular formula is C18H18ClN5O3S. The van der Waals surface area contributed by atoms with E-state index < -0.39 is 10.0 Å². The van der Waals surface area contributed by atoms with Crippen LogP contribution in [0.25, 0.3) is 11.4 Å². The highest BCUT2D eigenvalue weighted by atomic mass is 35.5. The molecule has 1 aromatic carbocycles. The van der Waals surface area contributed by atoms with Gasteiger partial charge in [-0.15, -0.1) is 0 Å². The first-order valence-electron chi connectivity index (χ1n) is 8.73. The Morgan fingerprint density at radius 3 is 2.50 bits per heavy atom. The summed E-state index contributed by atoms with van der Waals surface area (Å²) in [6, 6.07) is 9.90. The zero-order valence-corrected chi connectivity index (χ0v) is 16.5. The van der Waals surface area contributed by atoms with Crippen LogP contribution in [0.1, 0.15) is 5.89 Å². The van der Waals surface area contributed by atoms with Gasteiger partial charge in [-0.1, -0.05) is 16.8 Å². The number of aromatic nitrogens is 3. The van der Waals surface area contributed by atoms with Crippen LogP contribution >= 0.6 is 11.6 Å². The van der Waals surface area contributed by atoms with E-state index in [4.69, 9.17) is 16.1 Å². The number of sulfonamides is 1. The van der Waals surface area contributed by atoms with Crippen LogP contribution in [0.3, 0.4) is 0 Å². The lowest BCUT2D eigenvalue weighted by Gasteiger charge is -2.33. The highest BCUT2D eigenvalue weighted by Gasteiger charge is 2.29. The summed E-state index contributed by atoms with van der Waals surface area (Å²) >= 11 is 5.85. The van der Waals surface area contributed by atoms with Crippen LogP contribution in [0.2, 0.25) is 5.02 Å². The predicted octanol–water partition coefficient (Wildman–Crippen LogP) is 2.29. The first-order chi connectivity index (χ1) is 13.5. The van der Waals surface area contributed by atoms with Crippen molar-refractivity contribution >= 4 is 21.6 Å². The summed E-state index contributed by atoms with van der Waals surface area (Å²) in [5, 5.41) is 4.49. The van der Waals surface area contributed by atoms with Crippen molar-refractivity contribution in [2.75, 3.05) is 26.2 Å². The molecule has 1 aliphatic heterocycles. The van der Waals surface area contributed by atoms with Gasteiger partial charge in [0.25, 0.3) is 0 Å². The van der Waals surface area contributed by atoms with Crippen molar-refractivity contribution < 1.29 is 12.9 Å². The first-order valence-corrected chi connectivity index (χ1v) is 10.6. The van der Waals surface area contributed by atoms with E-state index in [-0.39, 0.29) is 4.90 Å². The molecule has 0 atom stereocenters. The molecule has 0 aliphatic carbocycles. The first kappa shape index (κ1) is 19.0. The molecular weight excluding hydrogens is 402 g/mol. The van der Waals surface area contributed by atoms with E-state index in [1.165, 1.54) is 16.4 Å². The van der Waals surface area contributed by atoms with Gasteiger partial charge in [0.05, 0.1) is 11.4 Å². The fourth-order valence-electron chi connectivity index (χ4n) is 3.01. The second-order valence-corrected chi connectivity index (χ2v) is 8.76. The number of piperazine rings is 1. The number of nitrogens with zero attached hydrogens (tertiary/aromatic N) is 5.